The largest absolute Gasteiger partial charge is 0.479 e. The van der Waals surface area contributed by atoms with Gasteiger partial charge in [-0.25, -0.2) is 4.79 Å². The minimum Gasteiger partial charge on any atom is -0.479 e. The Balaban J connectivity index is 2.10. The number of benzene rings is 2. The van der Waals surface area contributed by atoms with Gasteiger partial charge in [-0.05, 0) is 60.7 Å². The number of carboxylic acids is 1. The Morgan fingerprint density at radius 1 is 1.04 bits per heavy atom. The molecule has 2 aromatic carbocycles. The third-order valence-corrected chi connectivity index (χ3v) is 3.75. The fourth-order valence-electron chi connectivity index (χ4n) is 2.20. The van der Waals surface area contributed by atoms with Crippen molar-refractivity contribution in [1.82, 2.24) is 0 Å². The van der Waals surface area contributed by atoms with Gasteiger partial charge in [-0.3, -0.25) is 0 Å². The van der Waals surface area contributed by atoms with E-state index in [1.54, 1.807) is 24.3 Å². The summed E-state index contributed by atoms with van der Waals surface area (Å²) in [6.45, 7) is 10.1. The molecule has 1 atom stereocenters. The van der Waals surface area contributed by atoms with E-state index in [2.05, 4.69) is 32.9 Å². The highest BCUT2D eigenvalue weighted by Crippen LogP contribution is 2.31. The van der Waals surface area contributed by atoms with E-state index in [0.717, 1.165) is 11.3 Å². The molecule has 2 aromatic rings. The van der Waals surface area contributed by atoms with Crippen molar-refractivity contribution in [2.45, 2.75) is 46.1 Å². The number of ether oxygens (including phenoxy) is 2. The number of carbonyl (C=O) groups is 1. The number of carboxylic acid groups (broad SMARTS) is 1. The molecule has 0 fully saturated rings. The molecule has 0 aliphatic heterocycles. The van der Waals surface area contributed by atoms with Crippen LogP contribution < -0.4 is 9.47 Å². The highest BCUT2D eigenvalue weighted by atomic mass is 16.5. The lowest BCUT2D eigenvalue weighted by atomic mass is 9.86. The van der Waals surface area contributed by atoms with Crippen LogP contribution in [0.15, 0.2) is 42.5 Å². The van der Waals surface area contributed by atoms with Crippen LogP contribution in [0.4, 0.5) is 0 Å². The number of rotatable bonds is 5. The van der Waals surface area contributed by atoms with E-state index < -0.39 is 12.1 Å². The van der Waals surface area contributed by atoms with Crippen LogP contribution in [-0.4, -0.2) is 17.2 Å². The Hall–Kier alpha value is -2.49. The summed E-state index contributed by atoms with van der Waals surface area (Å²) in [6, 6.07) is 13.1. The van der Waals surface area contributed by atoms with Crippen LogP contribution in [0.5, 0.6) is 17.2 Å². The average molecular weight is 328 g/mol. The van der Waals surface area contributed by atoms with Crippen molar-refractivity contribution in [2.24, 2.45) is 0 Å². The zero-order valence-corrected chi connectivity index (χ0v) is 14.8. The van der Waals surface area contributed by atoms with Gasteiger partial charge in [0.2, 0.25) is 0 Å². The van der Waals surface area contributed by atoms with Gasteiger partial charge in [0.1, 0.15) is 17.2 Å². The Kier molecular flexibility index (Phi) is 5.17. The highest BCUT2D eigenvalue weighted by Gasteiger charge is 2.15. The summed E-state index contributed by atoms with van der Waals surface area (Å²) in [7, 11) is 0. The molecule has 0 heterocycles. The standard InChI is InChI=1S/C20H24O4/c1-13-12-15(20(3,4)5)6-11-18(13)24-17-9-7-16(8-10-17)23-14(2)19(21)22/h6-12,14H,1-5H3,(H,21,22). The second kappa shape index (κ2) is 6.95. The smallest absolute Gasteiger partial charge is 0.344 e. The Bertz CT molecular complexity index is 711. The zero-order valence-electron chi connectivity index (χ0n) is 14.8. The number of hydrogen-bond acceptors (Lipinski definition) is 3. The maximum atomic E-state index is 10.8. The van der Waals surface area contributed by atoms with Gasteiger partial charge in [0.05, 0.1) is 0 Å². The van der Waals surface area contributed by atoms with Crippen molar-refractivity contribution in [1.29, 1.82) is 0 Å². The van der Waals surface area contributed by atoms with Crippen molar-refractivity contribution in [3.05, 3.63) is 53.6 Å². The first-order chi connectivity index (χ1) is 11.2. The van der Waals surface area contributed by atoms with Crippen LogP contribution >= 0.6 is 0 Å². The number of hydrogen-bond donors (Lipinski definition) is 1. The van der Waals surface area contributed by atoms with E-state index in [-0.39, 0.29) is 5.41 Å². The van der Waals surface area contributed by atoms with Crippen molar-refractivity contribution in [2.75, 3.05) is 0 Å². The first-order valence-electron chi connectivity index (χ1n) is 7.95. The van der Waals surface area contributed by atoms with E-state index in [4.69, 9.17) is 14.6 Å². The Labute approximate surface area is 143 Å². The molecule has 0 aromatic heterocycles. The van der Waals surface area contributed by atoms with Crippen molar-refractivity contribution < 1.29 is 19.4 Å². The molecule has 0 saturated heterocycles. The quantitative estimate of drug-likeness (QED) is 0.845. The van der Waals surface area contributed by atoms with E-state index in [0.29, 0.717) is 11.5 Å². The summed E-state index contributed by atoms with van der Waals surface area (Å²) < 4.78 is 11.2. The summed E-state index contributed by atoms with van der Waals surface area (Å²) in [5.41, 5.74) is 2.43. The van der Waals surface area contributed by atoms with Gasteiger partial charge in [-0.2, -0.15) is 0 Å². The summed E-state index contributed by atoms with van der Waals surface area (Å²) >= 11 is 0. The first-order valence-corrected chi connectivity index (χ1v) is 7.95. The molecule has 0 aliphatic rings. The molecule has 4 heteroatoms. The summed E-state index contributed by atoms with van der Waals surface area (Å²) in [6.07, 6.45) is -0.885. The van der Waals surface area contributed by atoms with Crippen molar-refractivity contribution >= 4 is 5.97 Å². The SMILES string of the molecule is Cc1cc(C(C)(C)C)ccc1Oc1ccc(OC(C)C(=O)O)cc1. The van der Waals surface area contributed by atoms with Crippen LogP contribution in [-0.2, 0) is 10.2 Å². The second-order valence-corrected chi connectivity index (χ2v) is 6.90. The maximum Gasteiger partial charge on any atom is 0.344 e. The minimum absolute atomic E-state index is 0.100. The lowest BCUT2D eigenvalue weighted by Gasteiger charge is -2.20. The molecular weight excluding hydrogens is 304 g/mol. The lowest BCUT2D eigenvalue weighted by molar-refractivity contribution is -0.144. The molecule has 0 bridgehead atoms. The van der Waals surface area contributed by atoms with Gasteiger partial charge >= 0.3 is 5.97 Å². The monoisotopic (exact) mass is 328 g/mol. The topological polar surface area (TPSA) is 55.8 Å². The third-order valence-electron chi connectivity index (χ3n) is 3.75. The van der Waals surface area contributed by atoms with E-state index in [1.807, 2.05) is 13.0 Å². The van der Waals surface area contributed by atoms with Crippen LogP contribution in [0.3, 0.4) is 0 Å². The molecule has 0 spiro atoms. The van der Waals surface area contributed by atoms with E-state index in [9.17, 15) is 4.79 Å². The van der Waals surface area contributed by atoms with Gasteiger partial charge in [0.15, 0.2) is 6.10 Å². The van der Waals surface area contributed by atoms with Crippen molar-refractivity contribution in [3.8, 4) is 17.2 Å². The molecule has 24 heavy (non-hydrogen) atoms. The molecule has 1 N–H and O–H groups in total. The minimum atomic E-state index is -0.995. The predicted octanol–water partition coefficient (Wildman–Crippen LogP) is 4.94. The number of aryl methyl sites for hydroxylation is 1. The molecule has 0 aliphatic carbocycles. The van der Waals surface area contributed by atoms with E-state index in [1.165, 1.54) is 12.5 Å². The number of aliphatic carboxylic acids is 1. The fraction of sp³-hybridized carbons (Fsp3) is 0.350. The Morgan fingerprint density at radius 3 is 2.12 bits per heavy atom. The fourth-order valence-corrected chi connectivity index (χ4v) is 2.20. The normalized spacial score (nSPS) is 12.5. The van der Waals surface area contributed by atoms with Gasteiger partial charge in [-0.15, -0.1) is 0 Å². The van der Waals surface area contributed by atoms with Crippen LogP contribution in [0.2, 0.25) is 0 Å². The molecule has 2 rings (SSSR count). The van der Waals surface area contributed by atoms with Gasteiger partial charge in [-0.1, -0.05) is 32.9 Å². The summed E-state index contributed by atoms with van der Waals surface area (Å²) in [4.78, 5) is 10.8. The van der Waals surface area contributed by atoms with Crippen LogP contribution in [0, 0.1) is 6.92 Å². The van der Waals surface area contributed by atoms with E-state index >= 15 is 0 Å². The van der Waals surface area contributed by atoms with Gasteiger partial charge < -0.3 is 14.6 Å². The molecule has 0 saturated carbocycles. The molecule has 0 radical (unpaired) electrons. The van der Waals surface area contributed by atoms with Gasteiger partial charge in [0.25, 0.3) is 0 Å². The summed E-state index contributed by atoms with van der Waals surface area (Å²) in [5.74, 6) is 0.981. The maximum absolute atomic E-state index is 10.8. The average Bonchev–Trinajstić information content (AvgIpc) is 2.50. The molecule has 0 amide bonds. The first kappa shape index (κ1) is 17.9. The highest BCUT2D eigenvalue weighted by molar-refractivity contribution is 5.72. The lowest BCUT2D eigenvalue weighted by Crippen LogP contribution is -2.22. The van der Waals surface area contributed by atoms with Gasteiger partial charge in [0, 0.05) is 0 Å². The third kappa shape index (κ3) is 4.51. The van der Waals surface area contributed by atoms with Crippen LogP contribution in [0.1, 0.15) is 38.8 Å². The second-order valence-electron chi connectivity index (χ2n) is 6.90. The molecule has 128 valence electrons. The molecule has 1 unspecified atom stereocenters. The zero-order chi connectivity index (χ0) is 17.9. The Morgan fingerprint density at radius 2 is 1.62 bits per heavy atom. The molecular formula is C20H24O4. The summed E-state index contributed by atoms with van der Waals surface area (Å²) in [5, 5.41) is 8.85. The van der Waals surface area contributed by atoms with Crippen LogP contribution in [0.25, 0.3) is 0 Å². The molecule has 4 nitrogen and oxygen atoms in total. The predicted molar refractivity (Wildman–Crippen MR) is 94.1 cm³/mol. The van der Waals surface area contributed by atoms with Crippen molar-refractivity contribution in [3.63, 3.8) is 0 Å².